The molecule has 1 aromatic carbocycles. The fourth-order valence-corrected chi connectivity index (χ4v) is 1.66. The van der Waals surface area contributed by atoms with Crippen LogP contribution in [0.4, 0.5) is 5.69 Å². The van der Waals surface area contributed by atoms with E-state index in [1.165, 1.54) is 0 Å². The Labute approximate surface area is 110 Å². The first-order valence-electron chi connectivity index (χ1n) is 5.66. The third kappa shape index (κ3) is 3.00. The van der Waals surface area contributed by atoms with Crippen molar-refractivity contribution >= 4 is 17.3 Å². The predicted molar refractivity (Wildman–Crippen MR) is 69.4 cm³/mol. The van der Waals surface area contributed by atoms with Crippen LogP contribution in [0, 0.1) is 0 Å². The number of hydrogen-bond acceptors (Lipinski definition) is 5. The van der Waals surface area contributed by atoms with Gasteiger partial charge in [0.25, 0.3) is 5.89 Å². The second-order valence-electron chi connectivity index (χ2n) is 3.69. The average Bonchev–Trinajstić information content (AvgIpc) is 2.81. The summed E-state index contributed by atoms with van der Waals surface area (Å²) in [7, 11) is 0. The van der Waals surface area contributed by atoms with Crippen LogP contribution in [0.3, 0.4) is 0 Å². The summed E-state index contributed by atoms with van der Waals surface area (Å²) in [6.45, 7) is 3.18. The summed E-state index contributed by atoms with van der Waals surface area (Å²) in [4.78, 5) is 4.26. The molecular formula is C12H14ClN3O2. The minimum Gasteiger partial charge on any atom is -0.398 e. The van der Waals surface area contributed by atoms with Gasteiger partial charge in [0, 0.05) is 23.7 Å². The second kappa shape index (κ2) is 5.84. The van der Waals surface area contributed by atoms with Gasteiger partial charge in [0.1, 0.15) is 0 Å². The highest BCUT2D eigenvalue weighted by Gasteiger charge is 2.12. The number of aromatic nitrogens is 2. The summed E-state index contributed by atoms with van der Waals surface area (Å²) in [6.07, 6.45) is 0.609. The van der Waals surface area contributed by atoms with E-state index in [-0.39, 0.29) is 0 Å². The molecule has 0 atom stereocenters. The molecule has 2 rings (SSSR count). The number of rotatable bonds is 5. The third-order valence-corrected chi connectivity index (χ3v) is 2.62. The lowest BCUT2D eigenvalue weighted by atomic mass is 10.2. The molecule has 0 spiro atoms. The summed E-state index contributed by atoms with van der Waals surface area (Å²) < 4.78 is 10.4. The molecule has 1 heterocycles. The van der Waals surface area contributed by atoms with E-state index in [4.69, 9.17) is 26.6 Å². The van der Waals surface area contributed by atoms with Crippen molar-refractivity contribution < 1.29 is 9.26 Å². The van der Waals surface area contributed by atoms with Gasteiger partial charge in [0.05, 0.1) is 12.2 Å². The van der Waals surface area contributed by atoms with E-state index in [1.807, 2.05) is 6.92 Å². The number of ether oxygens (including phenoxy) is 1. The van der Waals surface area contributed by atoms with Crippen LogP contribution in [0.15, 0.2) is 22.7 Å². The van der Waals surface area contributed by atoms with Crippen LogP contribution >= 0.6 is 11.6 Å². The average molecular weight is 268 g/mol. The second-order valence-corrected chi connectivity index (χ2v) is 4.13. The van der Waals surface area contributed by atoms with Gasteiger partial charge in [-0.1, -0.05) is 16.8 Å². The first-order valence-corrected chi connectivity index (χ1v) is 6.04. The van der Waals surface area contributed by atoms with Gasteiger partial charge in [0.15, 0.2) is 5.82 Å². The van der Waals surface area contributed by atoms with Gasteiger partial charge < -0.3 is 15.0 Å². The number of halogens is 1. The van der Waals surface area contributed by atoms with Crippen LogP contribution in [0.1, 0.15) is 12.7 Å². The zero-order chi connectivity index (χ0) is 13.0. The van der Waals surface area contributed by atoms with Gasteiger partial charge in [-0.2, -0.15) is 4.98 Å². The van der Waals surface area contributed by atoms with Crippen LogP contribution in [0.25, 0.3) is 11.5 Å². The van der Waals surface area contributed by atoms with E-state index in [9.17, 15) is 0 Å². The van der Waals surface area contributed by atoms with Gasteiger partial charge >= 0.3 is 0 Å². The molecule has 6 heteroatoms. The molecule has 18 heavy (non-hydrogen) atoms. The van der Waals surface area contributed by atoms with E-state index in [2.05, 4.69) is 10.1 Å². The number of nitrogens with zero attached hydrogens (tertiary/aromatic N) is 2. The molecule has 0 aliphatic rings. The van der Waals surface area contributed by atoms with Crippen LogP contribution < -0.4 is 5.73 Å². The van der Waals surface area contributed by atoms with E-state index < -0.39 is 0 Å². The highest BCUT2D eigenvalue weighted by atomic mass is 35.5. The molecule has 2 aromatic rings. The maximum absolute atomic E-state index is 5.91. The Hall–Kier alpha value is -1.59. The number of benzene rings is 1. The third-order valence-electron chi connectivity index (χ3n) is 2.39. The van der Waals surface area contributed by atoms with Crippen LogP contribution in [-0.4, -0.2) is 23.4 Å². The van der Waals surface area contributed by atoms with Crippen molar-refractivity contribution in [3.8, 4) is 11.5 Å². The maximum Gasteiger partial charge on any atom is 0.260 e. The zero-order valence-corrected chi connectivity index (χ0v) is 10.8. The molecule has 0 fully saturated rings. The first-order chi connectivity index (χ1) is 8.70. The largest absolute Gasteiger partial charge is 0.398 e. The van der Waals surface area contributed by atoms with Crippen LogP contribution in [-0.2, 0) is 11.2 Å². The zero-order valence-electron chi connectivity index (χ0n) is 10.0. The van der Waals surface area contributed by atoms with Crippen molar-refractivity contribution in [2.45, 2.75) is 13.3 Å². The monoisotopic (exact) mass is 267 g/mol. The maximum atomic E-state index is 5.91. The van der Waals surface area contributed by atoms with Gasteiger partial charge in [-0.05, 0) is 25.1 Å². The SMILES string of the molecule is CCOCCc1noc(-c2cc(Cl)ccc2N)n1. The smallest absolute Gasteiger partial charge is 0.260 e. The Kier molecular flexibility index (Phi) is 4.17. The Bertz CT molecular complexity index is 528. The molecule has 0 bridgehead atoms. The molecule has 0 amide bonds. The molecule has 0 unspecified atom stereocenters. The highest BCUT2D eigenvalue weighted by molar-refractivity contribution is 6.31. The van der Waals surface area contributed by atoms with E-state index >= 15 is 0 Å². The molecule has 96 valence electrons. The molecule has 0 saturated heterocycles. The predicted octanol–water partition coefficient (Wildman–Crippen LogP) is 2.55. The van der Waals surface area contributed by atoms with Crippen molar-refractivity contribution in [3.05, 3.63) is 29.0 Å². The topological polar surface area (TPSA) is 74.2 Å². The lowest BCUT2D eigenvalue weighted by molar-refractivity contribution is 0.149. The number of nitrogen functional groups attached to an aromatic ring is 1. The fourth-order valence-electron chi connectivity index (χ4n) is 1.49. The minimum atomic E-state index is 0.376. The Balaban J connectivity index is 2.16. The van der Waals surface area contributed by atoms with E-state index in [1.54, 1.807) is 18.2 Å². The lowest BCUT2D eigenvalue weighted by Gasteiger charge is -2.00. The molecule has 0 saturated carbocycles. The van der Waals surface area contributed by atoms with Gasteiger partial charge in [-0.25, -0.2) is 0 Å². The van der Waals surface area contributed by atoms with Crippen LogP contribution in [0.5, 0.6) is 0 Å². The molecule has 0 aliphatic carbocycles. The summed E-state index contributed by atoms with van der Waals surface area (Å²) in [5.74, 6) is 0.972. The Morgan fingerprint density at radius 2 is 2.28 bits per heavy atom. The molecule has 5 nitrogen and oxygen atoms in total. The van der Waals surface area contributed by atoms with E-state index in [0.717, 1.165) is 0 Å². The van der Waals surface area contributed by atoms with E-state index in [0.29, 0.717) is 47.6 Å². The van der Waals surface area contributed by atoms with Crippen molar-refractivity contribution in [2.24, 2.45) is 0 Å². The summed E-state index contributed by atoms with van der Waals surface area (Å²) in [5.41, 5.74) is 7.05. The molecule has 1 aromatic heterocycles. The first kappa shape index (κ1) is 12.9. The normalized spacial score (nSPS) is 10.8. The van der Waals surface area contributed by atoms with Gasteiger partial charge in [-0.3, -0.25) is 0 Å². The molecule has 0 aliphatic heterocycles. The number of hydrogen-bond donors (Lipinski definition) is 1. The number of anilines is 1. The quantitative estimate of drug-likeness (QED) is 0.666. The summed E-state index contributed by atoms with van der Waals surface area (Å²) >= 11 is 5.91. The summed E-state index contributed by atoms with van der Waals surface area (Å²) in [6, 6.07) is 5.13. The Morgan fingerprint density at radius 1 is 1.44 bits per heavy atom. The standard InChI is InChI=1S/C12H14ClN3O2/c1-2-17-6-5-11-15-12(18-16-11)9-7-8(13)3-4-10(9)14/h3-4,7H,2,5-6,14H2,1H3. The lowest BCUT2D eigenvalue weighted by Crippen LogP contribution is -1.99. The van der Waals surface area contributed by atoms with Crippen molar-refractivity contribution in [3.63, 3.8) is 0 Å². The van der Waals surface area contributed by atoms with Crippen LogP contribution in [0.2, 0.25) is 5.02 Å². The minimum absolute atomic E-state index is 0.376. The summed E-state index contributed by atoms with van der Waals surface area (Å²) in [5, 5.41) is 4.45. The number of nitrogens with two attached hydrogens (primary N) is 1. The van der Waals surface area contributed by atoms with Gasteiger partial charge in [0.2, 0.25) is 0 Å². The molecule has 2 N–H and O–H groups in total. The van der Waals surface area contributed by atoms with Crippen molar-refractivity contribution in [1.82, 2.24) is 10.1 Å². The molecule has 0 radical (unpaired) electrons. The van der Waals surface area contributed by atoms with Crippen molar-refractivity contribution in [1.29, 1.82) is 0 Å². The highest BCUT2D eigenvalue weighted by Crippen LogP contribution is 2.27. The van der Waals surface area contributed by atoms with Gasteiger partial charge in [-0.15, -0.1) is 0 Å². The Morgan fingerprint density at radius 3 is 3.06 bits per heavy atom. The van der Waals surface area contributed by atoms with Crippen molar-refractivity contribution in [2.75, 3.05) is 18.9 Å². The fraction of sp³-hybridized carbons (Fsp3) is 0.333. The molecular weight excluding hydrogens is 254 g/mol.